The number of amides is 1. The molecule has 0 aliphatic carbocycles. The third-order valence-corrected chi connectivity index (χ3v) is 4.47. The van der Waals surface area contributed by atoms with Gasteiger partial charge in [-0.2, -0.15) is 18.3 Å². The van der Waals surface area contributed by atoms with Crippen molar-refractivity contribution in [3.63, 3.8) is 0 Å². The molecular weight excluding hydrogens is 359 g/mol. The molecule has 0 radical (unpaired) electrons. The molecule has 1 atom stereocenters. The summed E-state index contributed by atoms with van der Waals surface area (Å²) >= 11 is 0. The van der Waals surface area contributed by atoms with Crippen molar-refractivity contribution >= 4 is 17.4 Å². The number of rotatable bonds is 3. The fourth-order valence-corrected chi connectivity index (χ4v) is 3.05. The molecule has 0 bridgehead atoms. The number of H-pyrrole nitrogens is 1. The molecule has 1 unspecified atom stereocenters. The topological polar surface area (TPSA) is 78.2 Å². The number of aromatic nitrogens is 2. The van der Waals surface area contributed by atoms with Gasteiger partial charge in [-0.25, -0.2) is 0 Å². The summed E-state index contributed by atoms with van der Waals surface area (Å²) in [6, 6.07) is 5.40. The molecule has 0 spiro atoms. The lowest BCUT2D eigenvalue weighted by molar-refractivity contribution is -0.138. The van der Waals surface area contributed by atoms with Crippen LogP contribution in [0.25, 0.3) is 0 Å². The van der Waals surface area contributed by atoms with Gasteiger partial charge in [-0.05, 0) is 24.6 Å². The van der Waals surface area contributed by atoms with Gasteiger partial charge in [0.05, 0.1) is 11.1 Å². The molecular formula is C18H20F3N5O. The van der Waals surface area contributed by atoms with Crippen LogP contribution in [0.1, 0.15) is 34.0 Å². The van der Waals surface area contributed by atoms with Gasteiger partial charge in [0.2, 0.25) is 0 Å². The van der Waals surface area contributed by atoms with Gasteiger partial charge in [-0.1, -0.05) is 6.08 Å². The van der Waals surface area contributed by atoms with Gasteiger partial charge in [0.1, 0.15) is 5.82 Å². The van der Waals surface area contributed by atoms with Crippen LogP contribution < -0.4 is 10.6 Å². The van der Waals surface area contributed by atoms with Crippen molar-refractivity contribution in [1.29, 1.82) is 0 Å². The molecule has 3 N–H and O–H groups in total. The van der Waals surface area contributed by atoms with Crippen molar-refractivity contribution in [2.75, 3.05) is 31.3 Å². The molecule has 0 saturated heterocycles. The maximum absolute atomic E-state index is 13.3. The lowest BCUT2D eigenvalue weighted by Crippen LogP contribution is -2.27. The van der Waals surface area contributed by atoms with E-state index >= 15 is 0 Å². The SMILES string of the molecule is CN(C)C(=O)c1cc(N2C=CC(c3cc(N)n[nH]3)CC2)ccc1C(F)(F)F. The second kappa shape index (κ2) is 6.98. The largest absolute Gasteiger partial charge is 0.417 e. The fraction of sp³-hybridized carbons (Fsp3) is 0.333. The molecule has 1 aliphatic rings. The molecule has 27 heavy (non-hydrogen) atoms. The number of benzene rings is 1. The Balaban J connectivity index is 1.89. The number of allylic oxidation sites excluding steroid dienone is 1. The number of hydrogen-bond donors (Lipinski definition) is 2. The van der Waals surface area contributed by atoms with Crippen molar-refractivity contribution in [3.05, 3.63) is 53.4 Å². The molecule has 0 saturated carbocycles. The van der Waals surface area contributed by atoms with Crippen LogP contribution in [0, 0.1) is 0 Å². The van der Waals surface area contributed by atoms with E-state index in [4.69, 9.17) is 5.73 Å². The number of halogens is 3. The Labute approximate surface area is 154 Å². The number of nitrogens with two attached hydrogens (primary N) is 1. The average molecular weight is 379 g/mol. The Morgan fingerprint density at radius 3 is 2.59 bits per heavy atom. The molecule has 0 fully saturated rings. The summed E-state index contributed by atoms with van der Waals surface area (Å²) < 4.78 is 39.8. The number of hydrogen-bond acceptors (Lipinski definition) is 4. The molecule has 6 nitrogen and oxygen atoms in total. The van der Waals surface area contributed by atoms with Crippen LogP contribution in [0.4, 0.5) is 24.7 Å². The van der Waals surface area contributed by atoms with Crippen LogP contribution in [-0.2, 0) is 6.18 Å². The number of carbonyl (C=O) groups excluding carboxylic acids is 1. The van der Waals surface area contributed by atoms with Crippen molar-refractivity contribution in [3.8, 4) is 0 Å². The van der Waals surface area contributed by atoms with E-state index in [2.05, 4.69) is 10.2 Å². The zero-order valence-electron chi connectivity index (χ0n) is 14.9. The van der Waals surface area contributed by atoms with Crippen LogP contribution in [-0.4, -0.2) is 41.6 Å². The summed E-state index contributed by atoms with van der Waals surface area (Å²) in [6.45, 7) is 0.584. The van der Waals surface area contributed by atoms with E-state index in [-0.39, 0.29) is 11.5 Å². The summed E-state index contributed by atoms with van der Waals surface area (Å²) in [5, 5.41) is 6.78. The lowest BCUT2D eigenvalue weighted by atomic mass is 9.97. The normalized spacial score (nSPS) is 17.2. The first kappa shape index (κ1) is 18.8. The number of nitrogens with one attached hydrogen (secondary N) is 1. The molecule has 9 heteroatoms. The van der Waals surface area contributed by atoms with Gasteiger partial charge >= 0.3 is 6.18 Å². The van der Waals surface area contributed by atoms with E-state index < -0.39 is 17.6 Å². The second-order valence-electron chi connectivity index (χ2n) is 6.61. The Bertz CT molecular complexity index is 872. The van der Waals surface area contributed by atoms with Crippen molar-refractivity contribution in [1.82, 2.24) is 15.1 Å². The van der Waals surface area contributed by atoms with Crippen molar-refractivity contribution in [2.45, 2.75) is 18.5 Å². The minimum Gasteiger partial charge on any atom is -0.382 e. The maximum Gasteiger partial charge on any atom is 0.417 e. The number of carbonyl (C=O) groups is 1. The Morgan fingerprint density at radius 1 is 1.33 bits per heavy atom. The van der Waals surface area contributed by atoms with Gasteiger partial charge in [-0.3, -0.25) is 9.89 Å². The second-order valence-corrected chi connectivity index (χ2v) is 6.61. The minimum absolute atomic E-state index is 0.100. The average Bonchev–Trinajstić information content (AvgIpc) is 3.06. The molecule has 1 aromatic carbocycles. The van der Waals surface area contributed by atoms with Crippen LogP contribution in [0.3, 0.4) is 0 Å². The van der Waals surface area contributed by atoms with Crippen LogP contribution in [0.15, 0.2) is 36.5 Å². The van der Waals surface area contributed by atoms with Gasteiger partial charge in [0, 0.05) is 50.2 Å². The number of anilines is 2. The van der Waals surface area contributed by atoms with Crippen LogP contribution in [0.2, 0.25) is 0 Å². The summed E-state index contributed by atoms with van der Waals surface area (Å²) in [7, 11) is 2.85. The Hall–Kier alpha value is -2.97. The van der Waals surface area contributed by atoms with E-state index in [1.54, 1.807) is 12.3 Å². The molecule has 1 amide bonds. The standard InChI is InChI=1S/C18H20F3N5O/c1-25(2)17(27)13-9-12(3-4-14(13)18(19,20)21)26-7-5-11(6-8-26)15-10-16(22)24-23-15/h3-5,7,9-11H,6,8H2,1-2H3,(H3,22,23,24). The maximum atomic E-state index is 13.3. The van der Waals surface area contributed by atoms with Crippen molar-refractivity contribution < 1.29 is 18.0 Å². The molecule has 3 rings (SSSR count). The van der Waals surface area contributed by atoms with E-state index in [1.165, 1.54) is 26.2 Å². The monoisotopic (exact) mass is 379 g/mol. The van der Waals surface area contributed by atoms with E-state index in [0.29, 0.717) is 18.1 Å². The molecule has 144 valence electrons. The summed E-state index contributed by atoms with van der Waals surface area (Å²) in [5.41, 5.74) is 5.75. The summed E-state index contributed by atoms with van der Waals surface area (Å²) in [5.74, 6) is -0.172. The van der Waals surface area contributed by atoms with Gasteiger partial charge < -0.3 is 15.5 Å². The highest BCUT2D eigenvalue weighted by atomic mass is 19.4. The third-order valence-electron chi connectivity index (χ3n) is 4.47. The summed E-state index contributed by atoms with van der Waals surface area (Å²) in [6.07, 6.45) is -0.127. The molecule has 2 heterocycles. The van der Waals surface area contributed by atoms with E-state index in [0.717, 1.165) is 23.1 Å². The third kappa shape index (κ3) is 3.91. The van der Waals surface area contributed by atoms with Gasteiger partial charge in [-0.15, -0.1) is 0 Å². The molecule has 1 aliphatic heterocycles. The quantitative estimate of drug-likeness (QED) is 0.858. The Morgan fingerprint density at radius 2 is 2.07 bits per heavy atom. The summed E-state index contributed by atoms with van der Waals surface area (Å²) in [4.78, 5) is 15.2. The van der Waals surface area contributed by atoms with E-state index in [1.807, 2.05) is 11.0 Å². The highest BCUT2D eigenvalue weighted by Crippen LogP contribution is 2.35. The first-order chi connectivity index (χ1) is 12.7. The number of nitrogen functional groups attached to an aromatic ring is 1. The minimum atomic E-state index is -4.59. The first-order valence-corrected chi connectivity index (χ1v) is 8.35. The Kier molecular flexibility index (Phi) is 4.86. The van der Waals surface area contributed by atoms with Crippen molar-refractivity contribution in [2.24, 2.45) is 0 Å². The highest BCUT2D eigenvalue weighted by Gasteiger charge is 2.36. The first-order valence-electron chi connectivity index (χ1n) is 8.35. The van der Waals surface area contributed by atoms with Crippen LogP contribution in [0.5, 0.6) is 0 Å². The fourth-order valence-electron chi connectivity index (χ4n) is 3.05. The predicted molar refractivity (Wildman–Crippen MR) is 96.3 cm³/mol. The number of nitrogens with zero attached hydrogens (tertiary/aromatic N) is 3. The zero-order chi connectivity index (χ0) is 19.8. The lowest BCUT2D eigenvalue weighted by Gasteiger charge is -2.28. The predicted octanol–water partition coefficient (Wildman–Crippen LogP) is 3.22. The van der Waals surface area contributed by atoms with Gasteiger partial charge in [0.25, 0.3) is 5.91 Å². The number of alkyl halides is 3. The van der Waals surface area contributed by atoms with E-state index in [9.17, 15) is 18.0 Å². The number of aromatic amines is 1. The zero-order valence-corrected chi connectivity index (χ0v) is 14.9. The smallest absolute Gasteiger partial charge is 0.382 e. The van der Waals surface area contributed by atoms with Crippen LogP contribution >= 0.6 is 0 Å². The van der Waals surface area contributed by atoms with Gasteiger partial charge in [0.15, 0.2) is 0 Å². The molecule has 2 aromatic rings. The molecule has 1 aromatic heterocycles. The highest BCUT2D eigenvalue weighted by molar-refractivity contribution is 5.96.